The molecule has 0 bridgehead atoms. The number of carboxylic acids is 1. The van der Waals surface area contributed by atoms with Gasteiger partial charge in [0.25, 0.3) is 6.47 Å². The zero-order valence-electron chi connectivity index (χ0n) is 9.49. The molecule has 7 heteroatoms. The molecule has 2 N–H and O–H groups in total. The first-order valence-corrected chi connectivity index (χ1v) is 5.74. The lowest BCUT2D eigenvalue weighted by molar-refractivity contribution is -0.122. The first kappa shape index (κ1) is 13.9. The molecule has 0 saturated heterocycles. The molecule has 0 aliphatic carbocycles. The predicted octanol–water partition coefficient (Wildman–Crippen LogP) is 2.09. The molecule has 0 aliphatic heterocycles. The van der Waals surface area contributed by atoms with Crippen LogP contribution in [0.5, 0.6) is 5.75 Å². The van der Waals surface area contributed by atoms with Gasteiger partial charge in [-0.15, -0.1) is 0 Å². The van der Waals surface area contributed by atoms with Gasteiger partial charge in [-0.25, -0.2) is 4.79 Å². The van der Waals surface area contributed by atoms with Crippen molar-refractivity contribution in [2.45, 2.75) is 6.92 Å². The van der Waals surface area contributed by atoms with Crippen molar-refractivity contribution in [2.24, 2.45) is 0 Å². The van der Waals surface area contributed by atoms with Gasteiger partial charge in [0.1, 0.15) is 5.75 Å². The Hall–Kier alpha value is -2.15. The lowest BCUT2D eigenvalue weighted by atomic mass is 10.2. The Morgan fingerprint density at radius 1 is 1.56 bits per heavy atom. The number of carboxylic acid groups (broad SMARTS) is 2. The SMILES string of the molecule is CCOc1ccc2c(C(=O)O)nsc2c1.O=CO. The number of benzene rings is 1. The van der Waals surface area contributed by atoms with E-state index >= 15 is 0 Å². The molecule has 96 valence electrons. The van der Waals surface area contributed by atoms with Gasteiger partial charge in [-0.3, -0.25) is 4.79 Å². The Morgan fingerprint density at radius 2 is 2.22 bits per heavy atom. The molecule has 6 nitrogen and oxygen atoms in total. The summed E-state index contributed by atoms with van der Waals surface area (Å²) >= 11 is 1.17. The van der Waals surface area contributed by atoms with Gasteiger partial charge in [0.05, 0.1) is 11.3 Å². The largest absolute Gasteiger partial charge is 0.494 e. The molecule has 2 aromatic rings. The highest BCUT2D eigenvalue weighted by Crippen LogP contribution is 2.26. The molecule has 0 fully saturated rings. The first-order chi connectivity index (χ1) is 8.63. The summed E-state index contributed by atoms with van der Waals surface area (Å²) in [6, 6.07) is 5.29. The van der Waals surface area contributed by atoms with E-state index in [9.17, 15) is 4.79 Å². The number of hydrogen-bond acceptors (Lipinski definition) is 5. The standard InChI is InChI=1S/C10H9NO3S.CH2O2/c1-2-14-6-3-4-7-8(5-6)15-11-9(7)10(12)13;2-1-3/h3-5H,2H2,1H3,(H,12,13);1H,(H,2,3). The second-order valence-electron chi connectivity index (χ2n) is 3.03. The second-order valence-corrected chi connectivity index (χ2v) is 3.84. The van der Waals surface area contributed by atoms with E-state index in [1.54, 1.807) is 12.1 Å². The zero-order chi connectivity index (χ0) is 13.5. The third-order valence-electron chi connectivity index (χ3n) is 1.96. The van der Waals surface area contributed by atoms with Gasteiger partial charge in [-0.05, 0) is 36.7 Å². The van der Waals surface area contributed by atoms with Crippen LogP contribution in [0.1, 0.15) is 17.4 Å². The van der Waals surface area contributed by atoms with Crippen LogP contribution < -0.4 is 4.74 Å². The molecule has 0 unspecified atom stereocenters. The van der Waals surface area contributed by atoms with Crippen LogP contribution in [0.25, 0.3) is 10.1 Å². The first-order valence-electron chi connectivity index (χ1n) is 4.97. The van der Waals surface area contributed by atoms with E-state index in [4.69, 9.17) is 19.7 Å². The Bertz CT molecular complexity index is 551. The van der Waals surface area contributed by atoms with Crippen LogP contribution in [0.2, 0.25) is 0 Å². The molecule has 0 amide bonds. The Morgan fingerprint density at radius 3 is 2.78 bits per heavy atom. The summed E-state index contributed by atoms with van der Waals surface area (Å²) < 4.78 is 10.0. The fraction of sp³-hybridized carbons (Fsp3) is 0.182. The monoisotopic (exact) mass is 269 g/mol. The van der Waals surface area contributed by atoms with Crippen LogP contribution in [0.3, 0.4) is 0 Å². The fourth-order valence-corrected chi connectivity index (χ4v) is 2.13. The highest BCUT2D eigenvalue weighted by atomic mass is 32.1. The summed E-state index contributed by atoms with van der Waals surface area (Å²) in [5.41, 5.74) is 0.109. The van der Waals surface area contributed by atoms with E-state index in [0.29, 0.717) is 12.0 Å². The van der Waals surface area contributed by atoms with Gasteiger partial charge in [0.15, 0.2) is 5.69 Å². The van der Waals surface area contributed by atoms with Gasteiger partial charge in [0, 0.05) is 5.39 Å². The molecule has 1 aromatic carbocycles. The summed E-state index contributed by atoms with van der Waals surface area (Å²) in [6.07, 6.45) is 0. The minimum absolute atomic E-state index is 0.109. The van der Waals surface area contributed by atoms with Crippen LogP contribution in [-0.2, 0) is 4.79 Å². The lowest BCUT2D eigenvalue weighted by Gasteiger charge is -2.01. The van der Waals surface area contributed by atoms with Crippen molar-refractivity contribution in [1.82, 2.24) is 4.37 Å². The smallest absolute Gasteiger partial charge is 0.356 e. The molecule has 1 heterocycles. The number of nitrogens with zero attached hydrogens (tertiary/aromatic N) is 1. The maximum Gasteiger partial charge on any atom is 0.356 e. The average Bonchev–Trinajstić information content (AvgIpc) is 2.73. The van der Waals surface area contributed by atoms with Gasteiger partial charge in [-0.2, -0.15) is 4.37 Å². The molecular weight excluding hydrogens is 258 g/mol. The predicted molar refractivity (Wildman–Crippen MR) is 66.4 cm³/mol. The van der Waals surface area contributed by atoms with Crippen molar-refractivity contribution < 1.29 is 24.5 Å². The van der Waals surface area contributed by atoms with Crippen LogP contribution in [0.15, 0.2) is 18.2 Å². The van der Waals surface area contributed by atoms with Crippen molar-refractivity contribution >= 4 is 34.1 Å². The van der Waals surface area contributed by atoms with Crippen molar-refractivity contribution in [3.63, 3.8) is 0 Å². The lowest BCUT2D eigenvalue weighted by Crippen LogP contribution is -1.96. The molecule has 0 aliphatic rings. The number of ether oxygens (including phenoxy) is 1. The molecule has 0 atom stereocenters. The molecule has 0 radical (unpaired) electrons. The van der Waals surface area contributed by atoms with Crippen LogP contribution in [-0.4, -0.2) is 33.6 Å². The topological polar surface area (TPSA) is 96.7 Å². The van der Waals surface area contributed by atoms with Crippen molar-refractivity contribution in [2.75, 3.05) is 6.61 Å². The maximum atomic E-state index is 10.8. The number of aromatic carboxylic acids is 1. The Labute approximate surface area is 107 Å². The molecule has 18 heavy (non-hydrogen) atoms. The minimum atomic E-state index is -0.995. The van der Waals surface area contributed by atoms with Crippen molar-refractivity contribution in [1.29, 1.82) is 0 Å². The third kappa shape index (κ3) is 3.17. The van der Waals surface area contributed by atoms with Gasteiger partial charge in [-0.1, -0.05) is 0 Å². The van der Waals surface area contributed by atoms with Gasteiger partial charge < -0.3 is 14.9 Å². The summed E-state index contributed by atoms with van der Waals surface area (Å²) in [5.74, 6) is -0.254. The van der Waals surface area contributed by atoms with E-state index in [2.05, 4.69) is 4.37 Å². The van der Waals surface area contributed by atoms with E-state index in [1.807, 2.05) is 13.0 Å². The summed E-state index contributed by atoms with van der Waals surface area (Å²) in [5, 5.41) is 16.4. The summed E-state index contributed by atoms with van der Waals surface area (Å²) in [6.45, 7) is 2.25. The van der Waals surface area contributed by atoms with Gasteiger partial charge >= 0.3 is 5.97 Å². The van der Waals surface area contributed by atoms with Crippen LogP contribution in [0, 0.1) is 0 Å². The molecule has 1 aromatic heterocycles. The second kappa shape index (κ2) is 6.55. The summed E-state index contributed by atoms with van der Waals surface area (Å²) in [7, 11) is 0. The average molecular weight is 269 g/mol. The Balaban J connectivity index is 0.000000492. The van der Waals surface area contributed by atoms with E-state index in [-0.39, 0.29) is 12.2 Å². The number of hydrogen-bond donors (Lipinski definition) is 2. The summed E-state index contributed by atoms with van der Waals surface area (Å²) in [4.78, 5) is 19.2. The molecular formula is C11H11NO5S. The highest BCUT2D eigenvalue weighted by Gasteiger charge is 2.12. The molecule has 0 saturated carbocycles. The number of aromatic nitrogens is 1. The van der Waals surface area contributed by atoms with Gasteiger partial charge in [0.2, 0.25) is 0 Å². The number of rotatable bonds is 3. The van der Waals surface area contributed by atoms with Crippen LogP contribution >= 0.6 is 11.5 Å². The maximum absolute atomic E-state index is 10.8. The van der Waals surface area contributed by atoms with E-state index in [1.165, 1.54) is 11.5 Å². The number of fused-ring (bicyclic) bond motifs is 1. The zero-order valence-corrected chi connectivity index (χ0v) is 10.3. The molecule has 2 rings (SSSR count). The fourth-order valence-electron chi connectivity index (χ4n) is 1.33. The van der Waals surface area contributed by atoms with E-state index < -0.39 is 5.97 Å². The van der Waals surface area contributed by atoms with Crippen molar-refractivity contribution in [3.05, 3.63) is 23.9 Å². The van der Waals surface area contributed by atoms with Crippen molar-refractivity contribution in [3.8, 4) is 5.75 Å². The van der Waals surface area contributed by atoms with E-state index in [0.717, 1.165) is 10.4 Å². The molecule has 0 spiro atoms. The quantitative estimate of drug-likeness (QED) is 0.828. The van der Waals surface area contributed by atoms with Crippen LogP contribution in [0.4, 0.5) is 0 Å². The number of carbonyl (C=O) groups is 2. The minimum Gasteiger partial charge on any atom is -0.494 e. The highest BCUT2D eigenvalue weighted by molar-refractivity contribution is 7.13. The third-order valence-corrected chi connectivity index (χ3v) is 2.77. The Kier molecular flexibility index (Phi) is 5.06. The normalized spacial score (nSPS) is 9.39.